The second-order valence-electron chi connectivity index (χ2n) is 3.76. The smallest absolute Gasteiger partial charge is 0.102 e. The third-order valence-corrected chi connectivity index (χ3v) is 2.73. The van der Waals surface area contributed by atoms with E-state index in [1.54, 1.807) is 18.6 Å². The molecule has 1 N–H and O–H groups in total. The molecule has 0 atom stereocenters. The minimum absolute atomic E-state index is 0.387. The highest BCUT2D eigenvalue weighted by Crippen LogP contribution is 2.17. The van der Waals surface area contributed by atoms with E-state index < -0.39 is 0 Å². The van der Waals surface area contributed by atoms with Gasteiger partial charge in [0.25, 0.3) is 0 Å². The predicted molar refractivity (Wildman–Crippen MR) is 76.4 cm³/mol. The van der Waals surface area contributed by atoms with Crippen LogP contribution in [-0.2, 0) is 0 Å². The Hall–Kier alpha value is -1.30. The molecule has 1 aliphatic heterocycles. The lowest BCUT2D eigenvalue weighted by Gasteiger charge is -2.03. The fourth-order valence-corrected chi connectivity index (χ4v) is 1.94. The predicted octanol–water partition coefficient (Wildman–Crippen LogP) is 1.64. The van der Waals surface area contributed by atoms with Crippen molar-refractivity contribution in [2.75, 3.05) is 13.1 Å². The summed E-state index contributed by atoms with van der Waals surface area (Å²) in [5.41, 5.74) is 3.12. The normalized spacial score (nSPS) is 16.7. The van der Waals surface area contributed by atoms with E-state index in [9.17, 15) is 5.21 Å². The first kappa shape index (κ1) is 13.1. The summed E-state index contributed by atoms with van der Waals surface area (Å²) in [6.45, 7) is 2.67. The van der Waals surface area contributed by atoms with Crippen LogP contribution in [-0.4, -0.2) is 39.0 Å². The number of aromatic nitrogens is 2. The molecule has 6 heteroatoms. The minimum Gasteiger partial charge on any atom is -0.313 e. The van der Waals surface area contributed by atoms with Crippen LogP contribution in [0.5, 0.6) is 0 Å². The minimum atomic E-state index is 0.387. The van der Waals surface area contributed by atoms with E-state index in [1.807, 2.05) is 29.5 Å². The lowest BCUT2D eigenvalue weighted by Crippen LogP contribution is -2.15. The summed E-state index contributed by atoms with van der Waals surface area (Å²) >= 11 is 1.97. The zero-order valence-corrected chi connectivity index (χ0v) is 11.9. The van der Waals surface area contributed by atoms with Crippen LogP contribution in [0.4, 0.5) is 0 Å². The van der Waals surface area contributed by atoms with Crippen molar-refractivity contribution in [3.05, 3.63) is 35.6 Å². The Bertz CT molecular complexity index is 556. The summed E-state index contributed by atoms with van der Waals surface area (Å²) in [7, 11) is 0. The van der Waals surface area contributed by atoms with Crippen LogP contribution >= 0.6 is 22.6 Å². The van der Waals surface area contributed by atoms with Crippen LogP contribution < -0.4 is 0 Å². The number of hydrogen-bond acceptors (Lipinski definition) is 5. The summed E-state index contributed by atoms with van der Waals surface area (Å²) in [5, 5.41) is 10.7. The van der Waals surface area contributed by atoms with Gasteiger partial charge in [-0.3, -0.25) is 15.0 Å². The molecule has 0 bridgehead atoms. The zero-order chi connectivity index (χ0) is 13.0. The molecule has 0 unspecified atom stereocenters. The van der Waals surface area contributed by atoms with E-state index in [0.29, 0.717) is 13.1 Å². The summed E-state index contributed by atoms with van der Waals surface area (Å²) < 4.78 is 2.80. The van der Waals surface area contributed by atoms with Crippen molar-refractivity contribution in [3.8, 4) is 9.85 Å². The number of hydrogen-bond donors (Lipinski definition) is 1. The topological polar surface area (TPSA) is 61.6 Å². The molecule has 5 nitrogen and oxygen atoms in total. The monoisotopic (exact) mass is 354 g/mol. The van der Waals surface area contributed by atoms with Gasteiger partial charge in [0.2, 0.25) is 0 Å². The number of hydroxylamine groups is 2. The number of halogens is 1. The lowest BCUT2D eigenvalue weighted by atomic mass is 10.2. The van der Waals surface area contributed by atoms with Crippen molar-refractivity contribution in [1.29, 1.82) is 0 Å². The molecule has 0 saturated carbocycles. The maximum atomic E-state index is 9.50. The van der Waals surface area contributed by atoms with E-state index in [-0.39, 0.29) is 0 Å². The Balaban J connectivity index is 2.31. The molecule has 1 aromatic rings. The van der Waals surface area contributed by atoms with E-state index in [2.05, 4.69) is 24.8 Å². The number of rotatable bonds is 2. The van der Waals surface area contributed by atoms with Crippen molar-refractivity contribution < 1.29 is 5.21 Å². The van der Waals surface area contributed by atoms with Gasteiger partial charge in [0.15, 0.2) is 0 Å². The van der Waals surface area contributed by atoms with Crippen LogP contribution in [0.25, 0.3) is 0 Å². The van der Waals surface area contributed by atoms with Gasteiger partial charge in [-0.15, -0.1) is 0 Å². The van der Waals surface area contributed by atoms with Gasteiger partial charge in [-0.2, -0.15) is 5.06 Å². The van der Waals surface area contributed by atoms with Crippen molar-refractivity contribution in [1.82, 2.24) is 15.0 Å². The molecule has 0 spiro atoms. The quantitative estimate of drug-likeness (QED) is 0.498. The highest BCUT2D eigenvalue weighted by Gasteiger charge is 2.19. The fraction of sp³-hybridized carbons (Fsp3) is 0.250. The Labute approximate surface area is 119 Å². The molecule has 92 valence electrons. The molecular weight excluding hydrogens is 343 g/mol. The number of nitrogens with zero attached hydrogens (tertiary/aromatic N) is 4. The molecular formula is C12H11IN4O. The largest absolute Gasteiger partial charge is 0.313 e. The van der Waals surface area contributed by atoms with Gasteiger partial charge >= 0.3 is 0 Å². The first-order valence-electron chi connectivity index (χ1n) is 5.30. The third-order valence-electron chi connectivity index (χ3n) is 2.46. The standard InChI is InChI=1S/C12H11IN4O/c1-9(11-6-14-4-5-15-11)16-12-8-17(18)7-10(12)2-3-13/h4-6,18H,7-8H2,1H3/b16-9+. The van der Waals surface area contributed by atoms with Gasteiger partial charge < -0.3 is 5.21 Å². The van der Waals surface area contributed by atoms with Gasteiger partial charge in [0.05, 0.1) is 30.7 Å². The highest BCUT2D eigenvalue weighted by atomic mass is 127. The molecule has 0 saturated heterocycles. The SMILES string of the molecule is C/C(=N\C1=C(C#CI)CN(O)C1)c1cnccn1. The van der Waals surface area contributed by atoms with E-state index in [1.165, 1.54) is 5.06 Å². The fourth-order valence-electron chi connectivity index (χ4n) is 1.62. The maximum Gasteiger partial charge on any atom is 0.102 e. The second kappa shape index (κ2) is 6.04. The summed E-state index contributed by atoms with van der Waals surface area (Å²) in [6, 6.07) is 0. The highest BCUT2D eigenvalue weighted by molar-refractivity contribution is 14.1. The molecule has 0 aromatic carbocycles. The Kier molecular flexibility index (Phi) is 4.41. The maximum absolute atomic E-state index is 9.50. The molecule has 18 heavy (non-hydrogen) atoms. The van der Waals surface area contributed by atoms with E-state index in [4.69, 9.17) is 0 Å². The van der Waals surface area contributed by atoms with E-state index in [0.717, 1.165) is 22.7 Å². The zero-order valence-electron chi connectivity index (χ0n) is 9.76. The number of aliphatic imine (C=N–C) groups is 1. The molecule has 0 radical (unpaired) electrons. The summed E-state index contributed by atoms with van der Waals surface area (Å²) in [5.74, 6) is 2.95. The molecule has 2 heterocycles. The van der Waals surface area contributed by atoms with Crippen molar-refractivity contribution in [2.24, 2.45) is 4.99 Å². The molecule has 1 aliphatic rings. The Morgan fingerprint density at radius 2 is 2.33 bits per heavy atom. The van der Waals surface area contributed by atoms with Crippen LogP contribution in [0.3, 0.4) is 0 Å². The van der Waals surface area contributed by atoms with Gasteiger partial charge in [0, 0.05) is 40.6 Å². The average Bonchev–Trinajstić information content (AvgIpc) is 2.71. The molecule has 1 aromatic heterocycles. The van der Waals surface area contributed by atoms with Gasteiger partial charge in [-0.05, 0) is 10.9 Å². The summed E-state index contributed by atoms with van der Waals surface area (Å²) in [6.07, 6.45) is 4.91. The average molecular weight is 354 g/mol. The first-order valence-corrected chi connectivity index (χ1v) is 6.37. The van der Waals surface area contributed by atoms with Crippen LogP contribution in [0.15, 0.2) is 34.9 Å². The summed E-state index contributed by atoms with van der Waals surface area (Å²) in [4.78, 5) is 12.7. The van der Waals surface area contributed by atoms with Crippen molar-refractivity contribution in [2.45, 2.75) is 6.92 Å². The lowest BCUT2D eigenvalue weighted by molar-refractivity contribution is -0.0646. The molecule has 0 aliphatic carbocycles. The molecule has 2 rings (SSSR count). The third kappa shape index (κ3) is 3.13. The van der Waals surface area contributed by atoms with Gasteiger partial charge in [-0.1, -0.05) is 5.92 Å². The van der Waals surface area contributed by atoms with Gasteiger partial charge in [0.1, 0.15) is 5.69 Å². The Morgan fingerprint density at radius 1 is 1.50 bits per heavy atom. The van der Waals surface area contributed by atoms with Gasteiger partial charge in [-0.25, -0.2) is 0 Å². The van der Waals surface area contributed by atoms with Crippen molar-refractivity contribution >= 4 is 28.3 Å². The molecule has 0 fully saturated rings. The van der Waals surface area contributed by atoms with Crippen LogP contribution in [0.1, 0.15) is 12.6 Å². The van der Waals surface area contributed by atoms with Crippen molar-refractivity contribution in [3.63, 3.8) is 0 Å². The van der Waals surface area contributed by atoms with E-state index >= 15 is 0 Å². The Morgan fingerprint density at radius 3 is 3.00 bits per heavy atom. The molecule has 0 amide bonds. The second-order valence-corrected chi connectivity index (χ2v) is 4.29. The van der Waals surface area contributed by atoms with Crippen LogP contribution in [0, 0.1) is 9.85 Å². The van der Waals surface area contributed by atoms with Crippen LogP contribution in [0.2, 0.25) is 0 Å². The first-order chi connectivity index (χ1) is 8.70.